The first-order valence-electron chi connectivity index (χ1n) is 5.64. The number of rotatable bonds is 4. The van der Waals surface area contributed by atoms with Crippen LogP contribution in [0.3, 0.4) is 0 Å². The summed E-state index contributed by atoms with van der Waals surface area (Å²) in [6.07, 6.45) is 1.06. The number of hydrogen-bond acceptors (Lipinski definition) is 5. The number of ether oxygens (including phenoxy) is 2. The van der Waals surface area contributed by atoms with Crippen LogP contribution in [0, 0.1) is 0 Å². The lowest BCUT2D eigenvalue weighted by molar-refractivity contribution is 0.0112. The Kier molecular flexibility index (Phi) is 4.62. The third-order valence-corrected chi connectivity index (χ3v) is 1.79. The van der Waals surface area contributed by atoms with E-state index in [9.17, 15) is 4.79 Å². The predicted octanol–water partition coefficient (Wildman–Crippen LogP) is 1.29. The second kappa shape index (κ2) is 5.77. The monoisotopic (exact) mass is 244 g/mol. The Balaban J connectivity index is 2.26. The molecule has 0 aromatic carbocycles. The molecule has 0 bridgehead atoms. The summed E-state index contributed by atoms with van der Waals surface area (Å²) in [6.45, 7) is 8.22. The normalized spacial score (nSPS) is 19.3. The first-order chi connectivity index (χ1) is 7.90. The summed E-state index contributed by atoms with van der Waals surface area (Å²) in [5.74, 6) is 0.573. The summed E-state index contributed by atoms with van der Waals surface area (Å²) >= 11 is 0. The Bertz CT molecular complexity index is 296. The Morgan fingerprint density at radius 1 is 1.59 bits per heavy atom. The summed E-state index contributed by atoms with van der Waals surface area (Å²) in [4.78, 5) is 16.5. The molecule has 17 heavy (non-hydrogen) atoms. The predicted molar refractivity (Wildman–Crippen MR) is 62.0 cm³/mol. The van der Waals surface area contributed by atoms with Gasteiger partial charge < -0.3 is 14.8 Å². The number of nitrogens with one attached hydrogen (secondary N) is 2. The topological polar surface area (TPSA) is 68.8 Å². The maximum atomic E-state index is 11.4. The number of carbonyl (C=O) groups is 1. The Hall–Kier alpha value is -1.43. The lowest BCUT2D eigenvalue weighted by atomic mass is 10.2. The summed E-state index contributed by atoms with van der Waals surface area (Å²) in [5, 5.41) is 2.62. The maximum absolute atomic E-state index is 11.4. The second-order valence-corrected chi connectivity index (χ2v) is 4.61. The van der Waals surface area contributed by atoms with Crippen molar-refractivity contribution in [1.29, 1.82) is 0 Å². The van der Waals surface area contributed by atoms with Gasteiger partial charge in [0, 0.05) is 6.08 Å². The number of hydroxylamine groups is 1. The van der Waals surface area contributed by atoms with Crippen molar-refractivity contribution in [3.8, 4) is 0 Å². The molecule has 0 aromatic heterocycles. The van der Waals surface area contributed by atoms with E-state index in [4.69, 9.17) is 14.3 Å². The van der Waals surface area contributed by atoms with Gasteiger partial charge in [-0.05, 0) is 27.7 Å². The summed E-state index contributed by atoms with van der Waals surface area (Å²) in [7, 11) is 0. The molecule has 1 amide bonds. The Morgan fingerprint density at radius 3 is 2.88 bits per heavy atom. The fourth-order valence-electron chi connectivity index (χ4n) is 1.20. The smallest absolute Gasteiger partial charge is 0.407 e. The molecule has 6 nitrogen and oxygen atoms in total. The highest BCUT2D eigenvalue weighted by atomic mass is 16.7. The highest BCUT2D eigenvalue weighted by Gasteiger charge is 2.20. The first-order valence-corrected chi connectivity index (χ1v) is 5.64. The largest absolute Gasteiger partial charge is 0.478 e. The van der Waals surface area contributed by atoms with Crippen LogP contribution < -0.4 is 10.8 Å². The lowest BCUT2D eigenvalue weighted by Gasteiger charge is -2.20. The van der Waals surface area contributed by atoms with E-state index in [2.05, 4.69) is 10.8 Å². The van der Waals surface area contributed by atoms with E-state index in [1.54, 1.807) is 6.08 Å². The highest BCUT2D eigenvalue weighted by Crippen LogP contribution is 2.08. The van der Waals surface area contributed by atoms with E-state index in [1.165, 1.54) is 0 Å². The highest BCUT2D eigenvalue weighted by molar-refractivity contribution is 5.67. The summed E-state index contributed by atoms with van der Waals surface area (Å²) in [6, 6.07) is 0. The van der Waals surface area contributed by atoms with Crippen LogP contribution in [0.2, 0.25) is 0 Å². The molecule has 0 aromatic rings. The van der Waals surface area contributed by atoms with Crippen molar-refractivity contribution >= 4 is 6.09 Å². The van der Waals surface area contributed by atoms with Crippen LogP contribution in [0.25, 0.3) is 0 Å². The average molecular weight is 244 g/mol. The first kappa shape index (κ1) is 13.6. The lowest BCUT2D eigenvalue weighted by Crippen LogP contribution is -2.37. The maximum Gasteiger partial charge on any atom is 0.407 e. The zero-order chi connectivity index (χ0) is 12.9. The molecule has 1 aliphatic heterocycles. The molecule has 1 atom stereocenters. The van der Waals surface area contributed by atoms with Gasteiger partial charge in [-0.15, -0.1) is 0 Å². The third-order valence-electron chi connectivity index (χ3n) is 1.79. The molecule has 1 rings (SSSR count). The molecular formula is C11H20N2O4. The molecule has 1 heterocycles. The van der Waals surface area contributed by atoms with Gasteiger partial charge in [-0.25, -0.2) is 10.3 Å². The van der Waals surface area contributed by atoms with Crippen LogP contribution in [-0.2, 0) is 14.3 Å². The SMILES string of the molecule is CCOC1=CC(CNC(=O)OC(C)(C)C)ON1. The molecule has 0 radical (unpaired) electrons. The zero-order valence-electron chi connectivity index (χ0n) is 10.7. The molecule has 0 saturated heterocycles. The van der Waals surface area contributed by atoms with Gasteiger partial charge in [0.1, 0.15) is 11.7 Å². The quantitative estimate of drug-likeness (QED) is 0.780. The van der Waals surface area contributed by atoms with Crippen molar-refractivity contribution < 1.29 is 19.1 Å². The molecule has 0 saturated carbocycles. The van der Waals surface area contributed by atoms with Crippen LogP contribution >= 0.6 is 0 Å². The number of hydrogen-bond donors (Lipinski definition) is 2. The van der Waals surface area contributed by atoms with Crippen molar-refractivity contribution in [2.45, 2.75) is 39.4 Å². The molecular weight excluding hydrogens is 224 g/mol. The van der Waals surface area contributed by atoms with Gasteiger partial charge in [0.2, 0.25) is 5.88 Å². The minimum atomic E-state index is -0.495. The van der Waals surface area contributed by atoms with Gasteiger partial charge in [-0.3, -0.25) is 4.84 Å². The van der Waals surface area contributed by atoms with E-state index in [0.29, 0.717) is 19.0 Å². The average Bonchev–Trinajstić information content (AvgIpc) is 2.61. The van der Waals surface area contributed by atoms with Gasteiger partial charge >= 0.3 is 6.09 Å². The van der Waals surface area contributed by atoms with Crippen molar-refractivity contribution in [3.63, 3.8) is 0 Å². The fourth-order valence-corrected chi connectivity index (χ4v) is 1.20. The van der Waals surface area contributed by atoms with Crippen molar-refractivity contribution in [2.75, 3.05) is 13.2 Å². The molecule has 1 unspecified atom stereocenters. The molecule has 1 aliphatic rings. The van der Waals surface area contributed by atoms with E-state index in [1.807, 2.05) is 27.7 Å². The van der Waals surface area contributed by atoms with Crippen molar-refractivity contribution in [1.82, 2.24) is 10.8 Å². The van der Waals surface area contributed by atoms with Crippen LogP contribution in [0.15, 0.2) is 12.0 Å². The van der Waals surface area contributed by atoms with Gasteiger partial charge in [-0.2, -0.15) is 0 Å². The minimum absolute atomic E-state index is 0.246. The van der Waals surface area contributed by atoms with Gasteiger partial charge in [0.15, 0.2) is 0 Å². The van der Waals surface area contributed by atoms with Crippen molar-refractivity contribution in [2.24, 2.45) is 0 Å². The van der Waals surface area contributed by atoms with Gasteiger partial charge in [0.05, 0.1) is 13.2 Å². The molecule has 0 spiro atoms. The number of carbonyl (C=O) groups excluding carboxylic acids is 1. The van der Waals surface area contributed by atoms with Crippen LogP contribution in [0.5, 0.6) is 0 Å². The van der Waals surface area contributed by atoms with E-state index >= 15 is 0 Å². The third kappa shape index (κ3) is 5.44. The zero-order valence-corrected chi connectivity index (χ0v) is 10.7. The summed E-state index contributed by atoms with van der Waals surface area (Å²) < 4.78 is 10.3. The van der Waals surface area contributed by atoms with Crippen molar-refractivity contribution in [3.05, 3.63) is 12.0 Å². The molecule has 2 N–H and O–H groups in total. The minimum Gasteiger partial charge on any atom is -0.478 e. The van der Waals surface area contributed by atoms with Gasteiger partial charge in [0.25, 0.3) is 0 Å². The molecule has 6 heteroatoms. The Labute approximate surface area is 101 Å². The second-order valence-electron chi connectivity index (χ2n) is 4.61. The Morgan fingerprint density at radius 2 is 2.29 bits per heavy atom. The van der Waals surface area contributed by atoms with E-state index < -0.39 is 11.7 Å². The number of alkyl carbamates (subject to hydrolysis) is 1. The number of amides is 1. The van der Waals surface area contributed by atoms with E-state index in [0.717, 1.165) is 0 Å². The van der Waals surface area contributed by atoms with Crippen LogP contribution in [0.1, 0.15) is 27.7 Å². The van der Waals surface area contributed by atoms with E-state index in [-0.39, 0.29) is 6.10 Å². The van der Waals surface area contributed by atoms with Crippen LogP contribution in [-0.4, -0.2) is 30.9 Å². The van der Waals surface area contributed by atoms with Crippen LogP contribution in [0.4, 0.5) is 4.79 Å². The molecule has 0 aliphatic carbocycles. The summed E-state index contributed by atoms with van der Waals surface area (Å²) in [5.41, 5.74) is 2.13. The fraction of sp³-hybridized carbons (Fsp3) is 0.727. The molecule has 98 valence electrons. The standard InChI is InChI=1S/C11H20N2O4/c1-5-15-9-6-8(17-13-9)7-12-10(14)16-11(2,3)4/h6,8,13H,5,7H2,1-4H3,(H,12,14). The molecule has 0 fully saturated rings. The van der Waals surface area contributed by atoms with Gasteiger partial charge in [-0.1, -0.05) is 0 Å².